The summed E-state index contributed by atoms with van der Waals surface area (Å²) in [5.74, 6) is 1.55. The van der Waals surface area contributed by atoms with Gasteiger partial charge in [-0.1, -0.05) is 24.6 Å². The molecule has 9 heteroatoms. The van der Waals surface area contributed by atoms with E-state index in [9.17, 15) is 9.59 Å². The van der Waals surface area contributed by atoms with Crippen molar-refractivity contribution in [1.29, 1.82) is 0 Å². The molecule has 1 aliphatic heterocycles. The van der Waals surface area contributed by atoms with Gasteiger partial charge in [-0.2, -0.15) is 0 Å². The largest absolute Gasteiger partial charge is 0.461 e. The second kappa shape index (κ2) is 10.3. The Morgan fingerprint density at radius 2 is 2.00 bits per heavy atom. The Hall–Kier alpha value is -2.29. The first-order valence-corrected chi connectivity index (χ1v) is 10.8. The number of furan rings is 1. The lowest BCUT2D eigenvalue weighted by molar-refractivity contribution is -0.131. The van der Waals surface area contributed by atoms with Crippen molar-refractivity contribution in [2.24, 2.45) is 0 Å². The highest BCUT2D eigenvalue weighted by molar-refractivity contribution is 7.99. The van der Waals surface area contributed by atoms with Gasteiger partial charge in [0.2, 0.25) is 11.8 Å². The van der Waals surface area contributed by atoms with Crippen LogP contribution in [-0.4, -0.2) is 56.9 Å². The molecule has 0 aliphatic carbocycles. The Morgan fingerprint density at radius 3 is 2.68 bits per heavy atom. The smallest absolute Gasteiger partial charge is 0.230 e. The van der Waals surface area contributed by atoms with Crippen molar-refractivity contribution in [1.82, 2.24) is 25.0 Å². The van der Waals surface area contributed by atoms with Gasteiger partial charge in [0.15, 0.2) is 16.7 Å². The van der Waals surface area contributed by atoms with Gasteiger partial charge in [0, 0.05) is 32.6 Å². The molecule has 152 valence electrons. The fourth-order valence-electron chi connectivity index (χ4n) is 3.24. The molecule has 28 heavy (non-hydrogen) atoms. The quantitative estimate of drug-likeness (QED) is 0.679. The minimum absolute atomic E-state index is 0.112. The van der Waals surface area contributed by atoms with E-state index in [2.05, 4.69) is 15.5 Å². The molecule has 1 fully saturated rings. The number of aromatic nitrogens is 3. The van der Waals surface area contributed by atoms with Crippen molar-refractivity contribution in [3.63, 3.8) is 0 Å². The van der Waals surface area contributed by atoms with E-state index in [1.165, 1.54) is 24.6 Å². The first-order valence-electron chi connectivity index (χ1n) is 9.83. The van der Waals surface area contributed by atoms with E-state index in [4.69, 9.17) is 4.42 Å². The van der Waals surface area contributed by atoms with Crippen LogP contribution in [0.5, 0.6) is 0 Å². The number of nitrogens with zero attached hydrogens (tertiary/aromatic N) is 4. The van der Waals surface area contributed by atoms with Crippen LogP contribution in [0.3, 0.4) is 0 Å². The molecule has 3 heterocycles. The van der Waals surface area contributed by atoms with Crippen molar-refractivity contribution in [3.8, 4) is 11.6 Å². The van der Waals surface area contributed by atoms with Crippen LogP contribution in [0, 0.1) is 0 Å². The highest BCUT2D eigenvalue weighted by Crippen LogP contribution is 2.24. The zero-order valence-corrected chi connectivity index (χ0v) is 17.0. The zero-order valence-electron chi connectivity index (χ0n) is 16.2. The number of carbonyl (C=O) groups excluding carboxylic acids is 2. The third kappa shape index (κ3) is 5.37. The predicted octanol–water partition coefficient (Wildman–Crippen LogP) is 2.56. The Balaban J connectivity index is 1.43. The van der Waals surface area contributed by atoms with Crippen LogP contribution in [0.1, 0.15) is 39.0 Å². The van der Waals surface area contributed by atoms with Gasteiger partial charge in [-0.3, -0.25) is 14.2 Å². The van der Waals surface area contributed by atoms with Crippen molar-refractivity contribution < 1.29 is 14.0 Å². The van der Waals surface area contributed by atoms with Gasteiger partial charge in [-0.25, -0.2) is 0 Å². The molecular formula is C19H27N5O3S. The Morgan fingerprint density at radius 1 is 1.21 bits per heavy atom. The molecular weight excluding hydrogens is 378 g/mol. The summed E-state index contributed by atoms with van der Waals surface area (Å²) in [7, 11) is 0. The molecule has 1 N–H and O–H groups in total. The van der Waals surface area contributed by atoms with Gasteiger partial charge >= 0.3 is 0 Å². The Kier molecular flexibility index (Phi) is 7.53. The second-order valence-electron chi connectivity index (χ2n) is 6.71. The van der Waals surface area contributed by atoms with Crippen molar-refractivity contribution >= 4 is 23.6 Å². The van der Waals surface area contributed by atoms with Crippen molar-refractivity contribution in [2.45, 2.75) is 50.7 Å². The highest BCUT2D eigenvalue weighted by Gasteiger charge is 2.17. The molecule has 3 rings (SSSR count). The molecule has 0 atom stereocenters. The van der Waals surface area contributed by atoms with E-state index in [0.717, 1.165) is 25.9 Å². The average Bonchev–Trinajstić information content (AvgIpc) is 3.28. The number of hydrogen-bond acceptors (Lipinski definition) is 6. The molecule has 2 amide bonds. The zero-order chi connectivity index (χ0) is 19.8. The number of likely N-dealkylation sites (tertiary alicyclic amines) is 1. The number of carbonyl (C=O) groups is 2. The van der Waals surface area contributed by atoms with Crippen LogP contribution in [0.4, 0.5) is 0 Å². The summed E-state index contributed by atoms with van der Waals surface area (Å²) >= 11 is 1.33. The number of thioether (sulfide) groups is 1. The molecule has 0 saturated carbocycles. The van der Waals surface area contributed by atoms with Crippen LogP contribution in [0.15, 0.2) is 28.0 Å². The molecule has 0 spiro atoms. The molecule has 0 radical (unpaired) electrons. The predicted molar refractivity (Wildman–Crippen MR) is 107 cm³/mol. The van der Waals surface area contributed by atoms with E-state index >= 15 is 0 Å². The van der Waals surface area contributed by atoms with Gasteiger partial charge in [-0.05, 0) is 31.9 Å². The van der Waals surface area contributed by atoms with E-state index < -0.39 is 0 Å². The summed E-state index contributed by atoms with van der Waals surface area (Å²) in [6, 6.07) is 3.63. The van der Waals surface area contributed by atoms with Crippen molar-refractivity contribution in [3.05, 3.63) is 18.4 Å². The van der Waals surface area contributed by atoms with Crippen LogP contribution in [0.25, 0.3) is 11.6 Å². The summed E-state index contributed by atoms with van der Waals surface area (Å²) in [6.07, 6.45) is 6.49. The SMILES string of the molecule is CCn1c(SCC(=O)NCCC(=O)N2CCCCCC2)nnc1-c1ccco1. The standard InChI is InChI=1S/C19H27N5O3S/c1-2-24-18(15-8-7-13-27-15)21-22-19(24)28-14-16(25)20-10-9-17(26)23-11-5-3-4-6-12-23/h7-8,13H,2-6,9-12,14H2,1H3,(H,20,25). The highest BCUT2D eigenvalue weighted by atomic mass is 32.2. The monoisotopic (exact) mass is 405 g/mol. The summed E-state index contributed by atoms with van der Waals surface area (Å²) in [5.41, 5.74) is 0. The third-order valence-corrected chi connectivity index (χ3v) is 5.69. The fourth-order valence-corrected chi connectivity index (χ4v) is 4.07. The number of rotatable bonds is 8. The maximum atomic E-state index is 12.2. The lowest BCUT2D eigenvalue weighted by atomic mass is 10.2. The van der Waals surface area contributed by atoms with E-state index in [0.29, 0.717) is 36.3 Å². The van der Waals surface area contributed by atoms with Gasteiger partial charge < -0.3 is 14.6 Å². The van der Waals surface area contributed by atoms with E-state index in [1.54, 1.807) is 12.3 Å². The maximum absolute atomic E-state index is 12.2. The van der Waals surface area contributed by atoms with Crippen LogP contribution < -0.4 is 5.32 Å². The average molecular weight is 406 g/mol. The Labute approximate surface area is 169 Å². The molecule has 0 aromatic carbocycles. The van der Waals surface area contributed by atoms with Gasteiger partial charge in [0.25, 0.3) is 0 Å². The topological polar surface area (TPSA) is 93.3 Å². The van der Waals surface area contributed by atoms with Crippen LogP contribution in [-0.2, 0) is 16.1 Å². The summed E-state index contributed by atoms with van der Waals surface area (Å²) < 4.78 is 7.30. The molecule has 0 bridgehead atoms. The molecule has 2 aromatic rings. The fraction of sp³-hybridized carbons (Fsp3) is 0.579. The molecule has 8 nitrogen and oxygen atoms in total. The molecule has 1 aliphatic rings. The number of hydrogen-bond donors (Lipinski definition) is 1. The molecule has 0 unspecified atom stereocenters. The van der Waals surface area contributed by atoms with Crippen molar-refractivity contribution in [2.75, 3.05) is 25.4 Å². The minimum Gasteiger partial charge on any atom is -0.461 e. The lowest BCUT2D eigenvalue weighted by Gasteiger charge is -2.20. The normalized spacial score (nSPS) is 14.7. The number of amides is 2. The molecule has 2 aromatic heterocycles. The summed E-state index contributed by atoms with van der Waals surface area (Å²) in [6.45, 7) is 4.72. The van der Waals surface area contributed by atoms with E-state index in [-0.39, 0.29) is 17.6 Å². The Bertz CT molecular complexity index is 767. The second-order valence-corrected chi connectivity index (χ2v) is 7.65. The van der Waals surface area contributed by atoms with Crippen LogP contribution in [0.2, 0.25) is 0 Å². The third-order valence-electron chi connectivity index (χ3n) is 4.73. The van der Waals surface area contributed by atoms with Gasteiger partial charge in [0.05, 0.1) is 12.0 Å². The van der Waals surface area contributed by atoms with Crippen LogP contribution >= 0.6 is 11.8 Å². The van der Waals surface area contributed by atoms with Gasteiger partial charge in [0.1, 0.15) is 0 Å². The van der Waals surface area contributed by atoms with E-state index in [1.807, 2.05) is 22.5 Å². The molecule has 1 saturated heterocycles. The summed E-state index contributed by atoms with van der Waals surface area (Å²) in [4.78, 5) is 26.3. The maximum Gasteiger partial charge on any atom is 0.230 e. The number of nitrogens with one attached hydrogen (secondary N) is 1. The summed E-state index contributed by atoms with van der Waals surface area (Å²) in [5, 5.41) is 11.8. The van der Waals surface area contributed by atoms with Gasteiger partial charge in [-0.15, -0.1) is 10.2 Å². The lowest BCUT2D eigenvalue weighted by Crippen LogP contribution is -2.35. The first-order chi connectivity index (χ1) is 13.7. The minimum atomic E-state index is -0.112. The first kappa shape index (κ1) is 20.4.